The Balaban J connectivity index is 1.54. The molecule has 2 atom stereocenters. The molecule has 5 nitrogen and oxygen atoms in total. The number of amides is 1. The summed E-state index contributed by atoms with van der Waals surface area (Å²) in [6.07, 6.45) is 2.77. The molecule has 6 heteroatoms. The Hall–Kier alpha value is -0.850. The average molecular weight is 413 g/mol. The second-order valence-corrected chi connectivity index (χ2v) is 8.41. The molecule has 3 heterocycles. The van der Waals surface area contributed by atoms with E-state index < -0.39 is 0 Å². The van der Waals surface area contributed by atoms with Gasteiger partial charge in [-0.3, -0.25) is 9.69 Å². The van der Waals surface area contributed by atoms with Gasteiger partial charge >= 0.3 is 0 Å². The summed E-state index contributed by atoms with van der Waals surface area (Å²) in [5.41, 5.74) is 0.687. The molecular weight excluding hydrogens is 384 g/mol. The molecule has 0 radical (unpaired) electrons. The van der Waals surface area contributed by atoms with Crippen molar-refractivity contribution < 1.29 is 13.9 Å². The van der Waals surface area contributed by atoms with Gasteiger partial charge in [-0.15, -0.1) is 0 Å². The molecule has 1 aromatic heterocycles. The first-order valence-electron chi connectivity index (χ1n) is 9.27. The molecule has 0 bridgehead atoms. The first kappa shape index (κ1) is 18.9. The van der Waals surface area contributed by atoms with Crippen molar-refractivity contribution >= 4 is 21.8 Å². The molecule has 2 saturated heterocycles. The number of carbonyl (C=O) groups is 1. The largest absolute Gasteiger partial charge is 0.465 e. The van der Waals surface area contributed by atoms with E-state index in [9.17, 15) is 4.79 Å². The van der Waals surface area contributed by atoms with Gasteiger partial charge in [-0.25, -0.2) is 0 Å². The van der Waals surface area contributed by atoms with Gasteiger partial charge in [0, 0.05) is 32.7 Å². The maximum Gasteiger partial charge on any atom is 0.258 e. The number of hydrogen-bond acceptors (Lipinski definition) is 4. The first-order chi connectivity index (χ1) is 11.8. The summed E-state index contributed by atoms with van der Waals surface area (Å²) in [7, 11) is 0. The van der Waals surface area contributed by atoms with Gasteiger partial charge in [-0.1, -0.05) is 0 Å². The van der Waals surface area contributed by atoms with Crippen molar-refractivity contribution in [3.63, 3.8) is 0 Å². The lowest BCUT2D eigenvalue weighted by atomic mass is 9.95. The van der Waals surface area contributed by atoms with E-state index in [-0.39, 0.29) is 5.91 Å². The third-order valence-corrected chi connectivity index (χ3v) is 6.27. The second-order valence-electron chi connectivity index (χ2n) is 7.61. The van der Waals surface area contributed by atoms with Gasteiger partial charge < -0.3 is 14.1 Å². The van der Waals surface area contributed by atoms with Gasteiger partial charge in [0.2, 0.25) is 0 Å². The summed E-state index contributed by atoms with van der Waals surface area (Å²) in [5.74, 6) is 2.23. The first-order valence-corrected chi connectivity index (χ1v) is 10.1. The standard InChI is InChI=1S/C19H29BrN2O3/c1-12-9-21(10-13(2)24-12)11-16-5-7-22(8-6-16)19(23)17-14(3)25-15(4)18(17)20/h12-13,16H,5-11H2,1-4H3. The topological polar surface area (TPSA) is 45.9 Å². The molecule has 0 N–H and O–H groups in total. The second kappa shape index (κ2) is 7.80. The van der Waals surface area contributed by atoms with Crippen LogP contribution in [-0.4, -0.2) is 60.6 Å². The summed E-state index contributed by atoms with van der Waals surface area (Å²) in [5, 5.41) is 0. The number of furan rings is 1. The van der Waals surface area contributed by atoms with Crippen molar-refractivity contribution in [3.05, 3.63) is 21.6 Å². The van der Waals surface area contributed by atoms with Crippen molar-refractivity contribution in [2.75, 3.05) is 32.7 Å². The van der Waals surface area contributed by atoms with E-state index in [4.69, 9.17) is 9.15 Å². The smallest absolute Gasteiger partial charge is 0.258 e. The van der Waals surface area contributed by atoms with Crippen LogP contribution in [0.2, 0.25) is 0 Å². The number of likely N-dealkylation sites (tertiary alicyclic amines) is 1. The molecule has 0 aliphatic carbocycles. The highest BCUT2D eigenvalue weighted by molar-refractivity contribution is 9.10. The number of halogens is 1. The van der Waals surface area contributed by atoms with Crippen molar-refractivity contribution in [1.29, 1.82) is 0 Å². The lowest BCUT2D eigenvalue weighted by molar-refractivity contribution is -0.0728. The molecule has 2 unspecified atom stereocenters. The van der Waals surface area contributed by atoms with Crippen molar-refractivity contribution in [3.8, 4) is 0 Å². The van der Waals surface area contributed by atoms with Gasteiger partial charge in [0.05, 0.1) is 22.2 Å². The zero-order valence-electron chi connectivity index (χ0n) is 15.7. The molecule has 1 amide bonds. The van der Waals surface area contributed by atoms with Crippen LogP contribution in [0.3, 0.4) is 0 Å². The maximum atomic E-state index is 12.8. The predicted octanol–water partition coefficient (Wildman–Crippen LogP) is 3.62. The molecule has 0 spiro atoms. The Morgan fingerprint density at radius 2 is 1.72 bits per heavy atom. The van der Waals surface area contributed by atoms with Gasteiger partial charge in [-0.05, 0) is 62.4 Å². The lowest BCUT2D eigenvalue weighted by Crippen LogP contribution is -2.48. The number of morpholine rings is 1. The van der Waals surface area contributed by atoms with Crippen LogP contribution in [0, 0.1) is 19.8 Å². The highest BCUT2D eigenvalue weighted by Gasteiger charge is 2.30. The van der Waals surface area contributed by atoms with E-state index in [1.807, 2.05) is 18.7 Å². The fraction of sp³-hybridized carbons (Fsp3) is 0.737. The van der Waals surface area contributed by atoms with Crippen LogP contribution in [0.1, 0.15) is 48.6 Å². The Morgan fingerprint density at radius 1 is 1.12 bits per heavy atom. The third-order valence-electron chi connectivity index (χ3n) is 5.31. The van der Waals surface area contributed by atoms with Crippen molar-refractivity contribution in [1.82, 2.24) is 9.80 Å². The van der Waals surface area contributed by atoms with Crippen LogP contribution in [-0.2, 0) is 4.74 Å². The summed E-state index contributed by atoms with van der Waals surface area (Å²) in [6, 6.07) is 0. The number of nitrogens with zero attached hydrogens (tertiary/aromatic N) is 2. The van der Waals surface area contributed by atoms with E-state index in [1.165, 1.54) is 0 Å². The Kier molecular flexibility index (Phi) is 5.91. The fourth-order valence-corrected chi connectivity index (χ4v) is 4.71. The van der Waals surface area contributed by atoms with Crippen LogP contribution in [0.15, 0.2) is 8.89 Å². The lowest BCUT2D eigenvalue weighted by Gasteiger charge is -2.39. The van der Waals surface area contributed by atoms with Crippen LogP contribution in [0.5, 0.6) is 0 Å². The van der Waals surface area contributed by atoms with Gasteiger partial charge in [0.1, 0.15) is 11.5 Å². The van der Waals surface area contributed by atoms with E-state index >= 15 is 0 Å². The summed E-state index contributed by atoms with van der Waals surface area (Å²) in [6.45, 7) is 12.8. The monoisotopic (exact) mass is 412 g/mol. The molecule has 140 valence electrons. The quantitative estimate of drug-likeness (QED) is 0.760. The minimum Gasteiger partial charge on any atom is -0.465 e. The van der Waals surface area contributed by atoms with Crippen LogP contribution in [0.25, 0.3) is 0 Å². The Bertz CT molecular complexity index is 612. The highest BCUT2D eigenvalue weighted by atomic mass is 79.9. The van der Waals surface area contributed by atoms with E-state index in [0.717, 1.165) is 55.8 Å². The van der Waals surface area contributed by atoms with Crippen LogP contribution < -0.4 is 0 Å². The highest BCUT2D eigenvalue weighted by Crippen LogP contribution is 2.30. The summed E-state index contributed by atoms with van der Waals surface area (Å²) < 4.78 is 12.2. The molecule has 1 aromatic rings. The fourth-order valence-electron chi connectivity index (χ4n) is 4.18. The zero-order valence-corrected chi connectivity index (χ0v) is 17.3. The minimum absolute atomic E-state index is 0.0910. The van der Waals surface area contributed by atoms with Gasteiger partial charge in [0.15, 0.2) is 0 Å². The van der Waals surface area contributed by atoms with Crippen LogP contribution in [0.4, 0.5) is 0 Å². The minimum atomic E-state index is 0.0910. The zero-order chi connectivity index (χ0) is 18.1. The van der Waals surface area contributed by atoms with Crippen molar-refractivity contribution in [2.45, 2.75) is 52.7 Å². The van der Waals surface area contributed by atoms with E-state index in [0.29, 0.717) is 29.4 Å². The number of carbonyl (C=O) groups excluding carboxylic acids is 1. The molecule has 0 aromatic carbocycles. The number of piperidine rings is 1. The normalized spacial score (nSPS) is 26.2. The van der Waals surface area contributed by atoms with Crippen molar-refractivity contribution in [2.24, 2.45) is 5.92 Å². The third kappa shape index (κ3) is 4.29. The summed E-state index contributed by atoms with van der Waals surface area (Å²) >= 11 is 3.50. The molecule has 2 aliphatic rings. The molecule has 2 fully saturated rings. The molecular formula is C19H29BrN2O3. The molecule has 3 rings (SSSR count). The number of hydrogen-bond donors (Lipinski definition) is 0. The summed E-state index contributed by atoms with van der Waals surface area (Å²) in [4.78, 5) is 17.4. The Morgan fingerprint density at radius 3 is 2.24 bits per heavy atom. The number of aryl methyl sites for hydroxylation is 2. The van der Waals surface area contributed by atoms with Gasteiger partial charge in [-0.2, -0.15) is 0 Å². The predicted molar refractivity (Wildman–Crippen MR) is 101 cm³/mol. The molecule has 25 heavy (non-hydrogen) atoms. The van der Waals surface area contributed by atoms with E-state index in [2.05, 4.69) is 34.7 Å². The van der Waals surface area contributed by atoms with Crippen LogP contribution >= 0.6 is 15.9 Å². The number of rotatable bonds is 3. The van der Waals surface area contributed by atoms with E-state index in [1.54, 1.807) is 0 Å². The SMILES string of the molecule is Cc1oc(C)c(C(=O)N2CCC(CN3CC(C)OC(C)C3)CC2)c1Br. The molecule has 0 saturated carbocycles. The number of ether oxygens (including phenoxy) is 1. The Labute approximate surface area is 158 Å². The maximum absolute atomic E-state index is 12.8. The molecule has 2 aliphatic heterocycles. The average Bonchev–Trinajstić information content (AvgIpc) is 2.79. The van der Waals surface area contributed by atoms with Gasteiger partial charge in [0.25, 0.3) is 5.91 Å².